The Morgan fingerprint density at radius 3 is 2.61 bits per heavy atom. The lowest BCUT2D eigenvalue weighted by molar-refractivity contribution is 0.103. The van der Waals surface area contributed by atoms with Gasteiger partial charge < -0.3 is 5.32 Å². The molecular weight excluding hydrogens is 334 g/mol. The first-order chi connectivity index (χ1) is 8.47. The summed E-state index contributed by atoms with van der Waals surface area (Å²) in [6, 6.07) is 7.45. The van der Waals surface area contributed by atoms with Crippen LogP contribution in [-0.2, 0) is 0 Å². The molecule has 1 aromatic heterocycles. The first kappa shape index (κ1) is 13.6. The van der Waals surface area contributed by atoms with Crippen LogP contribution in [0.25, 0.3) is 0 Å². The second-order valence-corrected chi connectivity index (χ2v) is 6.57. The molecule has 0 aliphatic heterocycles. The summed E-state index contributed by atoms with van der Waals surface area (Å²) < 4.78 is 1.50. The minimum atomic E-state index is -0.139. The molecule has 0 unspecified atom stereocenters. The molecule has 5 heteroatoms. The van der Waals surface area contributed by atoms with Crippen molar-refractivity contribution in [2.75, 3.05) is 5.32 Å². The predicted molar refractivity (Wildman–Crippen MR) is 80.9 cm³/mol. The van der Waals surface area contributed by atoms with Gasteiger partial charge in [0.1, 0.15) is 0 Å². The van der Waals surface area contributed by atoms with Gasteiger partial charge in [-0.05, 0) is 59.1 Å². The molecule has 0 fully saturated rings. The van der Waals surface area contributed by atoms with Crippen LogP contribution in [0.4, 0.5) is 5.69 Å². The van der Waals surface area contributed by atoms with E-state index in [0.29, 0.717) is 9.21 Å². The third-order valence-electron chi connectivity index (χ3n) is 2.47. The summed E-state index contributed by atoms with van der Waals surface area (Å²) in [5, 5.41) is 2.90. The van der Waals surface area contributed by atoms with E-state index in [9.17, 15) is 4.79 Å². The van der Waals surface area contributed by atoms with Crippen LogP contribution in [0.5, 0.6) is 0 Å². The Morgan fingerprint density at radius 1 is 1.33 bits per heavy atom. The van der Waals surface area contributed by atoms with Gasteiger partial charge in [0, 0.05) is 4.47 Å². The molecule has 2 aromatic rings. The van der Waals surface area contributed by atoms with Crippen LogP contribution < -0.4 is 5.32 Å². The van der Waals surface area contributed by atoms with Crippen LogP contribution in [0.1, 0.15) is 20.8 Å². The first-order valence-corrected chi connectivity index (χ1v) is 7.29. The molecule has 1 aromatic carbocycles. The lowest BCUT2D eigenvalue weighted by Crippen LogP contribution is -2.11. The largest absolute Gasteiger partial charge is 0.320 e. The number of hydrogen-bond acceptors (Lipinski definition) is 2. The van der Waals surface area contributed by atoms with E-state index in [2.05, 4.69) is 21.2 Å². The van der Waals surface area contributed by atoms with Gasteiger partial charge in [-0.25, -0.2) is 0 Å². The predicted octanol–water partition coefficient (Wildman–Crippen LogP) is 5.03. The van der Waals surface area contributed by atoms with E-state index in [-0.39, 0.29) is 5.91 Å². The number of benzene rings is 1. The lowest BCUT2D eigenvalue weighted by Gasteiger charge is -2.11. The number of hydrogen-bond donors (Lipinski definition) is 1. The summed E-state index contributed by atoms with van der Waals surface area (Å²) in [7, 11) is 0. The number of rotatable bonds is 2. The highest BCUT2D eigenvalue weighted by atomic mass is 79.9. The quantitative estimate of drug-likeness (QED) is 0.813. The molecule has 2 rings (SSSR count). The van der Waals surface area contributed by atoms with Gasteiger partial charge >= 0.3 is 0 Å². The number of aryl methyl sites for hydroxylation is 2. The van der Waals surface area contributed by atoms with Gasteiger partial charge in [-0.1, -0.05) is 17.7 Å². The third kappa shape index (κ3) is 2.94. The van der Waals surface area contributed by atoms with E-state index < -0.39 is 0 Å². The number of carbonyl (C=O) groups is 1. The number of carbonyl (C=O) groups excluding carboxylic acids is 1. The molecule has 0 bridgehead atoms. The summed E-state index contributed by atoms with van der Waals surface area (Å²) in [6.07, 6.45) is 0. The molecule has 0 aliphatic rings. The molecule has 0 atom stereocenters. The zero-order chi connectivity index (χ0) is 13.3. The highest BCUT2D eigenvalue weighted by molar-refractivity contribution is 9.10. The maximum Gasteiger partial charge on any atom is 0.265 e. The van der Waals surface area contributed by atoms with E-state index in [1.54, 1.807) is 12.1 Å². The van der Waals surface area contributed by atoms with Crippen molar-refractivity contribution >= 4 is 50.5 Å². The number of halogens is 2. The smallest absolute Gasteiger partial charge is 0.265 e. The van der Waals surface area contributed by atoms with Crippen molar-refractivity contribution < 1.29 is 4.79 Å². The number of nitrogens with one attached hydrogen (secondary N) is 1. The summed E-state index contributed by atoms with van der Waals surface area (Å²) in [4.78, 5) is 12.6. The lowest BCUT2D eigenvalue weighted by atomic mass is 10.1. The topological polar surface area (TPSA) is 29.1 Å². The molecule has 94 valence electrons. The average molecular weight is 345 g/mol. The van der Waals surface area contributed by atoms with Crippen molar-refractivity contribution in [2.24, 2.45) is 0 Å². The molecule has 0 saturated heterocycles. The van der Waals surface area contributed by atoms with Crippen molar-refractivity contribution in [3.63, 3.8) is 0 Å². The van der Waals surface area contributed by atoms with Gasteiger partial charge in [0.05, 0.1) is 14.9 Å². The fourth-order valence-corrected chi connectivity index (χ4v) is 3.40. The standard InChI is InChI=1S/C13H11BrClNOS/c1-7-5-8(2)12(9(14)6-7)16-13(17)10-3-4-11(15)18-10/h3-6H,1-2H3,(H,16,17). The molecule has 0 radical (unpaired) electrons. The Balaban J connectivity index is 2.27. The Bertz CT molecular complexity index is 586. The molecule has 0 saturated carbocycles. The normalized spacial score (nSPS) is 10.4. The van der Waals surface area contributed by atoms with Gasteiger partial charge in [0.25, 0.3) is 5.91 Å². The van der Waals surface area contributed by atoms with E-state index in [4.69, 9.17) is 11.6 Å². The van der Waals surface area contributed by atoms with Gasteiger partial charge in [0.2, 0.25) is 0 Å². The van der Waals surface area contributed by atoms with Crippen LogP contribution in [0.15, 0.2) is 28.7 Å². The maximum absolute atomic E-state index is 12.0. The third-order valence-corrected chi connectivity index (χ3v) is 4.32. The highest BCUT2D eigenvalue weighted by Gasteiger charge is 2.12. The SMILES string of the molecule is Cc1cc(C)c(NC(=O)c2ccc(Cl)s2)c(Br)c1. The van der Waals surface area contributed by atoms with Gasteiger partial charge in [-0.3, -0.25) is 4.79 Å². The summed E-state index contributed by atoms with van der Waals surface area (Å²) in [6.45, 7) is 3.98. The van der Waals surface area contributed by atoms with Crippen molar-refractivity contribution in [3.8, 4) is 0 Å². The molecular formula is C13H11BrClNOS. The number of thiophene rings is 1. The summed E-state index contributed by atoms with van der Waals surface area (Å²) >= 11 is 10.6. The monoisotopic (exact) mass is 343 g/mol. The molecule has 1 N–H and O–H groups in total. The van der Waals surface area contributed by atoms with Crippen LogP contribution in [0, 0.1) is 13.8 Å². The van der Waals surface area contributed by atoms with Crippen molar-refractivity contribution in [2.45, 2.75) is 13.8 Å². The Kier molecular flexibility index (Phi) is 4.10. The van der Waals surface area contributed by atoms with Crippen LogP contribution in [0.3, 0.4) is 0 Å². The van der Waals surface area contributed by atoms with E-state index in [1.807, 2.05) is 26.0 Å². The highest BCUT2D eigenvalue weighted by Crippen LogP contribution is 2.29. The fraction of sp³-hybridized carbons (Fsp3) is 0.154. The van der Waals surface area contributed by atoms with Crippen LogP contribution >= 0.6 is 38.9 Å². The molecule has 1 amide bonds. The Morgan fingerprint density at radius 2 is 2.06 bits per heavy atom. The van der Waals surface area contributed by atoms with Crippen molar-refractivity contribution in [1.29, 1.82) is 0 Å². The second kappa shape index (κ2) is 5.43. The van der Waals surface area contributed by atoms with Gasteiger partial charge in [-0.15, -0.1) is 11.3 Å². The first-order valence-electron chi connectivity index (χ1n) is 5.31. The number of amides is 1. The molecule has 2 nitrogen and oxygen atoms in total. The number of anilines is 1. The average Bonchev–Trinajstić information content (AvgIpc) is 2.70. The maximum atomic E-state index is 12.0. The molecule has 18 heavy (non-hydrogen) atoms. The Labute approximate surface area is 123 Å². The van der Waals surface area contributed by atoms with Crippen molar-refractivity contribution in [1.82, 2.24) is 0 Å². The van der Waals surface area contributed by atoms with Gasteiger partial charge in [-0.2, -0.15) is 0 Å². The zero-order valence-corrected chi connectivity index (χ0v) is 13.0. The molecule has 0 spiro atoms. The minimum Gasteiger partial charge on any atom is -0.320 e. The van der Waals surface area contributed by atoms with Crippen LogP contribution in [0.2, 0.25) is 4.34 Å². The van der Waals surface area contributed by atoms with E-state index in [1.165, 1.54) is 11.3 Å². The molecule has 0 aliphatic carbocycles. The zero-order valence-electron chi connectivity index (χ0n) is 9.88. The van der Waals surface area contributed by atoms with Gasteiger partial charge in [0.15, 0.2) is 0 Å². The summed E-state index contributed by atoms with van der Waals surface area (Å²) in [5.41, 5.74) is 2.98. The summed E-state index contributed by atoms with van der Waals surface area (Å²) in [5.74, 6) is -0.139. The minimum absolute atomic E-state index is 0.139. The van der Waals surface area contributed by atoms with E-state index >= 15 is 0 Å². The fourth-order valence-electron chi connectivity index (χ4n) is 1.69. The Hall–Kier alpha value is -0.840. The second-order valence-electron chi connectivity index (χ2n) is 4.00. The van der Waals surface area contributed by atoms with Crippen molar-refractivity contribution in [3.05, 3.63) is 49.1 Å². The molecule has 1 heterocycles. The van der Waals surface area contributed by atoms with Crippen LogP contribution in [-0.4, -0.2) is 5.91 Å². The van der Waals surface area contributed by atoms with E-state index in [0.717, 1.165) is 21.3 Å².